The fraction of sp³-hybridized carbons (Fsp3) is 0.286. The minimum atomic E-state index is -0.159. The first-order chi connectivity index (χ1) is 9.17. The number of anilines is 1. The van der Waals surface area contributed by atoms with Gasteiger partial charge in [0, 0.05) is 30.8 Å². The van der Waals surface area contributed by atoms with Crippen molar-refractivity contribution in [3.63, 3.8) is 0 Å². The molecule has 1 rings (SSSR count). The van der Waals surface area contributed by atoms with Crippen molar-refractivity contribution >= 4 is 29.9 Å². The molecule has 6 heteroatoms. The maximum Gasteiger partial charge on any atom is 0.251 e. The molecule has 0 radical (unpaired) electrons. The molecule has 0 aliphatic rings. The van der Waals surface area contributed by atoms with Crippen LogP contribution >= 0.6 is 12.4 Å². The summed E-state index contributed by atoms with van der Waals surface area (Å²) in [5, 5.41) is 8.35. The lowest BCUT2D eigenvalue weighted by Gasteiger charge is -2.06. The van der Waals surface area contributed by atoms with E-state index in [0.717, 1.165) is 0 Å². The Labute approximate surface area is 125 Å². The zero-order chi connectivity index (χ0) is 14.1. The molecule has 20 heavy (non-hydrogen) atoms. The van der Waals surface area contributed by atoms with Crippen molar-refractivity contribution in [3.05, 3.63) is 42.5 Å². The van der Waals surface area contributed by atoms with Gasteiger partial charge in [-0.2, -0.15) is 0 Å². The zero-order valence-electron chi connectivity index (χ0n) is 11.4. The molecular weight excluding hydrogens is 278 g/mol. The third kappa shape index (κ3) is 6.36. The highest BCUT2D eigenvalue weighted by atomic mass is 35.5. The predicted molar refractivity (Wildman–Crippen MR) is 83.4 cm³/mol. The molecule has 110 valence electrons. The van der Waals surface area contributed by atoms with Crippen molar-refractivity contribution in [2.24, 2.45) is 0 Å². The van der Waals surface area contributed by atoms with E-state index in [2.05, 4.69) is 22.5 Å². The topological polar surface area (TPSA) is 70.2 Å². The first kappa shape index (κ1) is 18.1. The number of carbonyl (C=O) groups is 2. The molecule has 0 aromatic heterocycles. The maximum atomic E-state index is 11.6. The van der Waals surface area contributed by atoms with Gasteiger partial charge in [0.25, 0.3) is 5.91 Å². The Morgan fingerprint density at radius 3 is 2.45 bits per heavy atom. The first-order valence-corrected chi connectivity index (χ1v) is 6.11. The summed E-state index contributed by atoms with van der Waals surface area (Å²) < 4.78 is 0. The molecule has 0 spiro atoms. The van der Waals surface area contributed by atoms with Gasteiger partial charge in [-0.3, -0.25) is 9.59 Å². The van der Waals surface area contributed by atoms with E-state index in [9.17, 15) is 9.59 Å². The summed E-state index contributed by atoms with van der Waals surface area (Å²) in [4.78, 5) is 23.1. The lowest BCUT2D eigenvalue weighted by Crippen LogP contribution is -2.23. The van der Waals surface area contributed by atoms with Crippen molar-refractivity contribution in [2.75, 3.05) is 25.5 Å². The number of rotatable bonds is 7. The third-order valence-electron chi connectivity index (χ3n) is 2.44. The highest BCUT2D eigenvalue weighted by Gasteiger charge is 2.05. The SMILES string of the molecule is C=CCNC(=O)c1ccc(NC(=O)CCNC)cc1.Cl. The molecule has 0 saturated heterocycles. The van der Waals surface area contributed by atoms with Crippen LogP contribution in [0.5, 0.6) is 0 Å². The highest BCUT2D eigenvalue weighted by molar-refractivity contribution is 5.95. The van der Waals surface area contributed by atoms with Gasteiger partial charge < -0.3 is 16.0 Å². The van der Waals surface area contributed by atoms with Crippen LogP contribution in [0.2, 0.25) is 0 Å². The Morgan fingerprint density at radius 2 is 1.90 bits per heavy atom. The molecule has 0 bridgehead atoms. The quantitative estimate of drug-likeness (QED) is 0.669. The number of halogens is 1. The molecule has 0 unspecified atom stereocenters. The van der Waals surface area contributed by atoms with E-state index in [4.69, 9.17) is 0 Å². The second kappa shape index (κ2) is 10.00. The normalized spacial score (nSPS) is 9.25. The number of hydrogen-bond donors (Lipinski definition) is 3. The fourth-order valence-electron chi connectivity index (χ4n) is 1.43. The Morgan fingerprint density at radius 1 is 1.25 bits per heavy atom. The summed E-state index contributed by atoms with van der Waals surface area (Å²) in [6, 6.07) is 6.76. The second-order valence-electron chi connectivity index (χ2n) is 3.98. The van der Waals surface area contributed by atoms with Gasteiger partial charge in [-0.25, -0.2) is 0 Å². The molecule has 0 atom stereocenters. The Kier molecular flexibility index (Phi) is 9.07. The van der Waals surface area contributed by atoms with Gasteiger partial charge in [0.2, 0.25) is 5.91 Å². The van der Waals surface area contributed by atoms with E-state index in [1.165, 1.54) is 0 Å². The minimum Gasteiger partial charge on any atom is -0.349 e. The van der Waals surface area contributed by atoms with Crippen molar-refractivity contribution < 1.29 is 9.59 Å². The number of benzene rings is 1. The van der Waals surface area contributed by atoms with E-state index in [0.29, 0.717) is 30.8 Å². The van der Waals surface area contributed by atoms with E-state index >= 15 is 0 Å². The van der Waals surface area contributed by atoms with Crippen molar-refractivity contribution in [2.45, 2.75) is 6.42 Å². The van der Waals surface area contributed by atoms with Crippen molar-refractivity contribution in [3.8, 4) is 0 Å². The zero-order valence-corrected chi connectivity index (χ0v) is 12.3. The van der Waals surface area contributed by atoms with Gasteiger partial charge in [0.1, 0.15) is 0 Å². The summed E-state index contributed by atoms with van der Waals surface area (Å²) in [6.45, 7) is 4.59. The third-order valence-corrected chi connectivity index (χ3v) is 2.44. The van der Waals surface area contributed by atoms with Crippen LogP contribution in [0.15, 0.2) is 36.9 Å². The van der Waals surface area contributed by atoms with Crippen LogP contribution in [-0.2, 0) is 4.79 Å². The smallest absolute Gasteiger partial charge is 0.251 e. The second-order valence-corrected chi connectivity index (χ2v) is 3.98. The average Bonchev–Trinajstić information content (AvgIpc) is 2.43. The van der Waals surface area contributed by atoms with Gasteiger partial charge in [0.05, 0.1) is 0 Å². The Balaban J connectivity index is 0.00000361. The van der Waals surface area contributed by atoms with Crippen LogP contribution in [-0.4, -0.2) is 32.0 Å². The molecule has 3 N–H and O–H groups in total. The Bertz CT molecular complexity index is 446. The van der Waals surface area contributed by atoms with Crippen LogP contribution in [0.4, 0.5) is 5.69 Å². The number of hydrogen-bond acceptors (Lipinski definition) is 3. The molecule has 0 saturated carbocycles. The highest BCUT2D eigenvalue weighted by Crippen LogP contribution is 2.09. The lowest BCUT2D eigenvalue weighted by molar-refractivity contribution is -0.116. The predicted octanol–water partition coefficient (Wildman–Crippen LogP) is 1.57. The minimum absolute atomic E-state index is 0. The number of carbonyl (C=O) groups excluding carboxylic acids is 2. The molecule has 0 fully saturated rings. The van der Waals surface area contributed by atoms with Gasteiger partial charge in [0.15, 0.2) is 0 Å². The van der Waals surface area contributed by atoms with E-state index in [-0.39, 0.29) is 24.2 Å². The molecule has 0 aliphatic carbocycles. The van der Waals surface area contributed by atoms with Crippen LogP contribution in [0.3, 0.4) is 0 Å². The van der Waals surface area contributed by atoms with E-state index in [1.54, 1.807) is 37.4 Å². The maximum absolute atomic E-state index is 11.6. The largest absolute Gasteiger partial charge is 0.349 e. The van der Waals surface area contributed by atoms with Gasteiger partial charge in [-0.05, 0) is 31.3 Å². The van der Waals surface area contributed by atoms with Crippen molar-refractivity contribution in [1.29, 1.82) is 0 Å². The molecule has 0 aliphatic heterocycles. The Hall–Kier alpha value is -1.85. The summed E-state index contributed by atoms with van der Waals surface area (Å²) in [7, 11) is 1.80. The standard InChI is InChI=1S/C14H19N3O2.ClH/c1-3-9-16-14(19)11-4-6-12(7-5-11)17-13(18)8-10-15-2;/h3-7,15H,1,8-10H2,2H3,(H,16,19)(H,17,18);1H. The van der Waals surface area contributed by atoms with Gasteiger partial charge in [-0.1, -0.05) is 6.08 Å². The number of nitrogens with one attached hydrogen (secondary N) is 3. The van der Waals surface area contributed by atoms with E-state index in [1.807, 2.05) is 0 Å². The molecular formula is C14H20ClN3O2. The van der Waals surface area contributed by atoms with Crippen LogP contribution < -0.4 is 16.0 Å². The first-order valence-electron chi connectivity index (χ1n) is 6.11. The molecule has 0 heterocycles. The molecule has 2 amide bonds. The van der Waals surface area contributed by atoms with Gasteiger partial charge >= 0.3 is 0 Å². The summed E-state index contributed by atoms with van der Waals surface area (Å²) in [6.07, 6.45) is 2.03. The lowest BCUT2D eigenvalue weighted by atomic mass is 10.2. The summed E-state index contributed by atoms with van der Waals surface area (Å²) >= 11 is 0. The molecule has 5 nitrogen and oxygen atoms in total. The van der Waals surface area contributed by atoms with E-state index < -0.39 is 0 Å². The molecule has 1 aromatic rings. The number of amides is 2. The van der Waals surface area contributed by atoms with Crippen LogP contribution in [0, 0.1) is 0 Å². The summed E-state index contributed by atoms with van der Waals surface area (Å²) in [5.41, 5.74) is 1.23. The monoisotopic (exact) mass is 297 g/mol. The van der Waals surface area contributed by atoms with Crippen LogP contribution in [0.25, 0.3) is 0 Å². The van der Waals surface area contributed by atoms with Gasteiger partial charge in [-0.15, -0.1) is 19.0 Å². The fourth-order valence-corrected chi connectivity index (χ4v) is 1.43. The van der Waals surface area contributed by atoms with Crippen LogP contribution in [0.1, 0.15) is 16.8 Å². The van der Waals surface area contributed by atoms with Crippen molar-refractivity contribution in [1.82, 2.24) is 10.6 Å². The average molecular weight is 298 g/mol. The summed E-state index contributed by atoms with van der Waals surface area (Å²) in [5.74, 6) is -0.217. The molecule has 1 aromatic carbocycles.